The van der Waals surface area contributed by atoms with Gasteiger partial charge in [0.2, 0.25) is 5.91 Å². The molecular formula is C8H15NO2. The van der Waals surface area contributed by atoms with Gasteiger partial charge < -0.3 is 10.4 Å². The van der Waals surface area contributed by atoms with Crippen molar-refractivity contribution in [2.75, 3.05) is 6.54 Å². The van der Waals surface area contributed by atoms with Crippen LogP contribution in [-0.4, -0.2) is 23.7 Å². The number of amides is 1. The largest absolute Gasteiger partial charge is 0.393 e. The molecule has 1 amide bonds. The fourth-order valence-electron chi connectivity index (χ4n) is 1.42. The van der Waals surface area contributed by atoms with Gasteiger partial charge >= 0.3 is 0 Å². The van der Waals surface area contributed by atoms with Crippen LogP contribution in [0.1, 0.15) is 26.2 Å². The summed E-state index contributed by atoms with van der Waals surface area (Å²) in [5.41, 5.74) is 0. The Hall–Kier alpha value is -0.570. The van der Waals surface area contributed by atoms with Crippen LogP contribution in [0.3, 0.4) is 0 Å². The maximum atomic E-state index is 11.2. The Balaban J connectivity index is 2.52. The smallest absolute Gasteiger partial charge is 0.225 e. The van der Waals surface area contributed by atoms with Crippen LogP contribution in [0, 0.1) is 5.92 Å². The Morgan fingerprint density at radius 1 is 1.64 bits per heavy atom. The molecule has 3 nitrogen and oxygen atoms in total. The molecule has 0 aromatic carbocycles. The number of aliphatic hydroxyl groups excluding tert-OH is 1. The van der Waals surface area contributed by atoms with Crippen LogP contribution in [0.15, 0.2) is 0 Å². The van der Waals surface area contributed by atoms with Crippen molar-refractivity contribution in [3.05, 3.63) is 0 Å². The first kappa shape index (κ1) is 8.53. The van der Waals surface area contributed by atoms with Crippen molar-refractivity contribution in [2.24, 2.45) is 5.92 Å². The Morgan fingerprint density at radius 3 is 3.00 bits per heavy atom. The number of carbonyl (C=O) groups is 1. The second-order valence-electron chi connectivity index (χ2n) is 3.13. The number of hydrogen-bond donors (Lipinski definition) is 2. The molecule has 1 aliphatic heterocycles. The Bertz CT molecular complexity index is 145. The third-order valence-corrected chi connectivity index (χ3v) is 2.16. The summed E-state index contributed by atoms with van der Waals surface area (Å²) in [5.74, 6) is -0.171. The molecule has 2 N–H and O–H groups in total. The first-order valence-electron chi connectivity index (χ1n) is 4.17. The molecule has 64 valence electrons. The molecule has 1 aliphatic rings. The quantitative estimate of drug-likeness (QED) is 0.574. The molecule has 0 aliphatic carbocycles. The highest BCUT2D eigenvalue weighted by Crippen LogP contribution is 2.15. The van der Waals surface area contributed by atoms with Crippen molar-refractivity contribution in [3.8, 4) is 0 Å². The van der Waals surface area contributed by atoms with Gasteiger partial charge in [-0.05, 0) is 19.8 Å². The molecule has 1 heterocycles. The van der Waals surface area contributed by atoms with Crippen LogP contribution in [0.5, 0.6) is 0 Å². The Labute approximate surface area is 66.8 Å². The lowest BCUT2D eigenvalue weighted by atomic mass is 9.98. The first-order valence-corrected chi connectivity index (χ1v) is 4.17. The van der Waals surface area contributed by atoms with Crippen LogP contribution < -0.4 is 5.32 Å². The third-order valence-electron chi connectivity index (χ3n) is 2.16. The summed E-state index contributed by atoms with van der Waals surface area (Å²) in [4.78, 5) is 11.2. The Morgan fingerprint density at radius 2 is 2.36 bits per heavy atom. The SMILES string of the molecule is CC(O)C1CCCCNC1=O. The van der Waals surface area contributed by atoms with Crippen molar-refractivity contribution in [2.45, 2.75) is 32.3 Å². The predicted octanol–water partition coefficient (Wildman–Crippen LogP) is 0.283. The molecule has 3 heteroatoms. The van der Waals surface area contributed by atoms with E-state index in [4.69, 9.17) is 0 Å². The van der Waals surface area contributed by atoms with Crippen LogP contribution in [0.4, 0.5) is 0 Å². The molecule has 2 atom stereocenters. The molecule has 0 bridgehead atoms. The van der Waals surface area contributed by atoms with E-state index in [0.29, 0.717) is 0 Å². The molecular weight excluding hydrogens is 142 g/mol. The van der Waals surface area contributed by atoms with Gasteiger partial charge in [-0.15, -0.1) is 0 Å². The monoisotopic (exact) mass is 157 g/mol. The van der Waals surface area contributed by atoms with E-state index >= 15 is 0 Å². The van der Waals surface area contributed by atoms with E-state index in [1.165, 1.54) is 0 Å². The summed E-state index contributed by atoms with van der Waals surface area (Å²) in [6, 6.07) is 0. The van der Waals surface area contributed by atoms with Crippen molar-refractivity contribution in [1.82, 2.24) is 5.32 Å². The van der Waals surface area contributed by atoms with E-state index in [-0.39, 0.29) is 11.8 Å². The van der Waals surface area contributed by atoms with E-state index in [9.17, 15) is 9.90 Å². The maximum absolute atomic E-state index is 11.2. The molecule has 0 aromatic heterocycles. The minimum Gasteiger partial charge on any atom is -0.393 e. The highest BCUT2D eigenvalue weighted by Gasteiger charge is 2.24. The summed E-state index contributed by atoms with van der Waals surface area (Å²) < 4.78 is 0. The van der Waals surface area contributed by atoms with Gasteiger partial charge in [-0.3, -0.25) is 4.79 Å². The van der Waals surface area contributed by atoms with E-state index in [1.54, 1.807) is 6.92 Å². The van der Waals surface area contributed by atoms with Gasteiger partial charge in [0, 0.05) is 6.54 Å². The number of nitrogens with one attached hydrogen (secondary N) is 1. The van der Waals surface area contributed by atoms with Gasteiger partial charge in [0.15, 0.2) is 0 Å². The second kappa shape index (κ2) is 3.72. The molecule has 0 radical (unpaired) electrons. The van der Waals surface area contributed by atoms with Crippen LogP contribution in [-0.2, 0) is 4.79 Å². The van der Waals surface area contributed by atoms with Gasteiger partial charge in [0.25, 0.3) is 0 Å². The molecule has 0 spiro atoms. The zero-order valence-electron chi connectivity index (χ0n) is 6.84. The molecule has 0 saturated carbocycles. The van der Waals surface area contributed by atoms with E-state index in [2.05, 4.69) is 5.32 Å². The summed E-state index contributed by atoms with van der Waals surface area (Å²) in [5, 5.41) is 12.0. The molecule has 2 unspecified atom stereocenters. The van der Waals surface area contributed by atoms with E-state index in [1.807, 2.05) is 0 Å². The lowest BCUT2D eigenvalue weighted by Gasteiger charge is -2.15. The normalized spacial score (nSPS) is 28.9. The average molecular weight is 157 g/mol. The molecule has 1 fully saturated rings. The predicted molar refractivity (Wildman–Crippen MR) is 42.0 cm³/mol. The van der Waals surface area contributed by atoms with Crippen molar-refractivity contribution in [3.63, 3.8) is 0 Å². The lowest BCUT2D eigenvalue weighted by Crippen LogP contribution is -2.34. The lowest BCUT2D eigenvalue weighted by molar-refractivity contribution is -0.127. The van der Waals surface area contributed by atoms with Crippen LogP contribution in [0.2, 0.25) is 0 Å². The van der Waals surface area contributed by atoms with Crippen molar-refractivity contribution in [1.29, 1.82) is 0 Å². The summed E-state index contributed by atoms with van der Waals surface area (Å²) in [6.45, 7) is 2.44. The number of aliphatic hydroxyl groups is 1. The first-order chi connectivity index (χ1) is 5.22. The summed E-state index contributed by atoms with van der Waals surface area (Å²) in [7, 11) is 0. The fraction of sp³-hybridized carbons (Fsp3) is 0.875. The molecule has 0 aromatic rings. The highest BCUT2D eigenvalue weighted by molar-refractivity contribution is 5.79. The number of carbonyl (C=O) groups excluding carboxylic acids is 1. The topological polar surface area (TPSA) is 49.3 Å². The zero-order chi connectivity index (χ0) is 8.27. The fourth-order valence-corrected chi connectivity index (χ4v) is 1.42. The van der Waals surface area contributed by atoms with Gasteiger partial charge in [-0.25, -0.2) is 0 Å². The van der Waals surface area contributed by atoms with Gasteiger partial charge in [-0.1, -0.05) is 6.42 Å². The van der Waals surface area contributed by atoms with Crippen LogP contribution in [0.25, 0.3) is 0 Å². The van der Waals surface area contributed by atoms with Crippen molar-refractivity contribution >= 4 is 5.91 Å². The highest BCUT2D eigenvalue weighted by atomic mass is 16.3. The molecule has 1 saturated heterocycles. The van der Waals surface area contributed by atoms with Gasteiger partial charge in [0.05, 0.1) is 12.0 Å². The zero-order valence-corrected chi connectivity index (χ0v) is 6.84. The van der Waals surface area contributed by atoms with Crippen molar-refractivity contribution < 1.29 is 9.90 Å². The molecule has 1 rings (SSSR count). The van der Waals surface area contributed by atoms with Gasteiger partial charge in [-0.2, -0.15) is 0 Å². The third kappa shape index (κ3) is 2.19. The minimum atomic E-state index is -0.506. The number of rotatable bonds is 1. The maximum Gasteiger partial charge on any atom is 0.225 e. The Kier molecular flexibility index (Phi) is 2.88. The van der Waals surface area contributed by atoms with Gasteiger partial charge in [0.1, 0.15) is 0 Å². The average Bonchev–Trinajstić information content (AvgIpc) is 2.13. The summed E-state index contributed by atoms with van der Waals surface area (Å²) >= 11 is 0. The summed E-state index contributed by atoms with van der Waals surface area (Å²) in [6.07, 6.45) is 2.39. The van der Waals surface area contributed by atoms with Crippen LogP contribution >= 0.6 is 0 Å². The molecule has 11 heavy (non-hydrogen) atoms. The standard InChI is InChI=1S/C8H15NO2/c1-6(10)7-4-2-3-5-9-8(7)11/h6-7,10H,2-5H2,1H3,(H,9,11). The minimum absolute atomic E-state index is 0.0116. The second-order valence-corrected chi connectivity index (χ2v) is 3.13. The van der Waals surface area contributed by atoms with E-state index < -0.39 is 6.10 Å². The van der Waals surface area contributed by atoms with E-state index in [0.717, 1.165) is 25.8 Å². The number of hydrogen-bond acceptors (Lipinski definition) is 2.